The van der Waals surface area contributed by atoms with Crippen molar-refractivity contribution in [3.63, 3.8) is 0 Å². The van der Waals surface area contributed by atoms with E-state index < -0.39 is 11.4 Å². The van der Waals surface area contributed by atoms with Gasteiger partial charge in [-0.1, -0.05) is 13.8 Å². The summed E-state index contributed by atoms with van der Waals surface area (Å²) < 4.78 is 0. The van der Waals surface area contributed by atoms with E-state index in [2.05, 4.69) is 15.2 Å². The molecule has 1 aromatic heterocycles. The number of aliphatic carboxylic acids is 1. The van der Waals surface area contributed by atoms with Gasteiger partial charge in [0.1, 0.15) is 0 Å². The minimum absolute atomic E-state index is 0.102. The minimum atomic E-state index is -0.711. The highest BCUT2D eigenvalue weighted by Gasteiger charge is 2.47. The molecule has 6 nitrogen and oxygen atoms in total. The number of aromatic nitrogens is 1. The number of anilines is 1. The summed E-state index contributed by atoms with van der Waals surface area (Å²) in [5.74, 6) is -0.746. The molecule has 1 unspecified atom stereocenters. The van der Waals surface area contributed by atoms with Gasteiger partial charge in [-0.25, -0.2) is 4.98 Å². The third kappa shape index (κ3) is 3.41. The Labute approximate surface area is 128 Å². The van der Waals surface area contributed by atoms with E-state index in [1.807, 2.05) is 19.2 Å². The lowest BCUT2D eigenvalue weighted by atomic mass is 9.76. The van der Waals surface area contributed by atoms with Gasteiger partial charge in [0.25, 0.3) is 0 Å². The molecule has 116 valence electrons. The molecule has 1 fully saturated rings. The normalized spacial score (nSPS) is 22.7. The van der Waals surface area contributed by atoms with Crippen LogP contribution in [0.5, 0.6) is 0 Å². The Balaban J connectivity index is 2.00. The van der Waals surface area contributed by atoms with Crippen molar-refractivity contribution in [1.82, 2.24) is 9.88 Å². The van der Waals surface area contributed by atoms with Crippen LogP contribution in [-0.2, 0) is 16.1 Å². The van der Waals surface area contributed by atoms with E-state index >= 15 is 0 Å². The number of carboxylic acids is 1. The minimum Gasteiger partial charge on any atom is -0.481 e. The third-order valence-corrected chi connectivity index (χ3v) is 4.94. The molecule has 1 saturated heterocycles. The van der Waals surface area contributed by atoms with Gasteiger partial charge < -0.3 is 10.4 Å². The fourth-order valence-electron chi connectivity index (χ4n) is 2.76. The van der Waals surface area contributed by atoms with Gasteiger partial charge in [-0.15, -0.1) is 11.3 Å². The number of likely N-dealkylation sites (tertiary alicyclic amines) is 1. The van der Waals surface area contributed by atoms with Crippen LogP contribution < -0.4 is 5.32 Å². The van der Waals surface area contributed by atoms with Crippen LogP contribution >= 0.6 is 11.3 Å². The lowest BCUT2D eigenvalue weighted by molar-refractivity contribution is -0.151. The first-order valence-electron chi connectivity index (χ1n) is 7.01. The van der Waals surface area contributed by atoms with Crippen molar-refractivity contribution < 1.29 is 14.7 Å². The largest absolute Gasteiger partial charge is 0.481 e. The maximum atomic E-state index is 11.6. The van der Waals surface area contributed by atoms with Crippen LogP contribution in [0.25, 0.3) is 0 Å². The quantitative estimate of drug-likeness (QED) is 0.869. The maximum Gasteiger partial charge on any atom is 0.311 e. The lowest BCUT2D eigenvalue weighted by Crippen LogP contribution is -2.39. The van der Waals surface area contributed by atoms with Crippen molar-refractivity contribution in [3.8, 4) is 0 Å². The summed E-state index contributed by atoms with van der Waals surface area (Å²) in [6.45, 7) is 7.32. The van der Waals surface area contributed by atoms with Gasteiger partial charge in [0, 0.05) is 25.4 Å². The van der Waals surface area contributed by atoms with E-state index in [9.17, 15) is 14.7 Å². The zero-order valence-corrected chi connectivity index (χ0v) is 13.4. The standard InChI is InChI=1S/C14H21N3O3S/c1-9(2)14(12(19)20)4-5-17(8-14)6-11-7-21-13(16-11)15-10(3)18/h7,9H,4-6,8H2,1-3H3,(H,19,20)(H,15,16,18). The molecule has 21 heavy (non-hydrogen) atoms. The highest BCUT2D eigenvalue weighted by molar-refractivity contribution is 7.13. The summed E-state index contributed by atoms with van der Waals surface area (Å²) in [6.07, 6.45) is 0.669. The first-order valence-corrected chi connectivity index (χ1v) is 7.89. The van der Waals surface area contributed by atoms with Crippen LogP contribution in [0.2, 0.25) is 0 Å². The molecule has 0 radical (unpaired) electrons. The van der Waals surface area contributed by atoms with E-state index in [-0.39, 0.29) is 11.8 Å². The highest BCUT2D eigenvalue weighted by Crippen LogP contribution is 2.38. The first-order chi connectivity index (χ1) is 9.83. The summed E-state index contributed by atoms with van der Waals surface area (Å²) in [5.41, 5.74) is 0.213. The van der Waals surface area contributed by atoms with Crippen LogP contribution in [0.3, 0.4) is 0 Å². The Kier molecular flexibility index (Phi) is 4.63. The molecule has 1 atom stereocenters. The number of nitrogens with one attached hydrogen (secondary N) is 1. The predicted molar refractivity (Wildman–Crippen MR) is 81.2 cm³/mol. The van der Waals surface area contributed by atoms with Crippen LogP contribution in [0.15, 0.2) is 5.38 Å². The number of nitrogens with zero attached hydrogens (tertiary/aromatic N) is 2. The summed E-state index contributed by atoms with van der Waals surface area (Å²) in [6, 6.07) is 0. The highest BCUT2D eigenvalue weighted by atomic mass is 32.1. The fourth-order valence-corrected chi connectivity index (χ4v) is 3.51. The Morgan fingerprint density at radius 3 is 2.81 bits per heavy atom. The van der Waals surface area contributed by atoms with E-state index in [1.165, 1.54) is 18.3 Å². The van der Waals surface area contributed by atoms with E-state index in [0.717, 1.165) is 12.2 Å². The lowest BCUT2D eigenvalue weighted by Gasteiger charge is -2.28. The monoisotopic (exact) mass is 311 g/mol. The molecule has 1 aliphatic rings. The van der Waals surface area contributed by atoms with Crippen molar-refractivity contribution >= 4 is 28.3 Å². The molecule has 7 heteroatoms. The van der Waals surface area contributed by atoms with Crippen LogP contribution in [0, 0.1) is 11.3 Å². The summed E-state index contributed by atoms with van der Waals surface area (Å²) in [4.78, 5) is 29.1. The average molecular weight is 311 g/mol. The van der Waals surface area contributed by atoms with Crippen molar-refractivity contribution in [2.45, 2.75) is 33.7 Å². The zero-order chi connectivity index (χ0) is 15.6. The van der Waals surface area contributed by atoms with Crippen LogP contribution in [0.4, 0.5) is 5.13 Å². The molecular formula is C14H21N3O3S. The van der Waals surface area contributed by atoms with Gasteiger partial charge >= 0.3 is 5.97 Å². The topological polar surface area (TPSA) is 82.5 Å². The number of carbonyl (C=O) groups is 2. The molecule has 0 saturated carbocycles. The van der Waals surface area contributed by atoms with Gasteiger partial charge in [0.2, 0.25) is 5.91 Å². The second-order valence-electron chi connectivity index (χ2n) is 5.90. The van der Waals surface area contributed by atoms with Crippen molar-refractivity contribution in [2.24, 2.45) is 11.3 Å². The Morgan fingerprint density at radius 1 is 1.57 bits per heavy atom. The molecule has 1 amide bonds. The average Bonchev–Trinajstić information content (AvgIpc) is 2.97. The molecule has 0 aromatic carbocycles. The number of carboxylic acid groups (broad SMARTS) is 1. The van der Waals surface area contributed by atoms with E-state index in [1.54, 1.807) is 0 Å². The zero-order valence-electron chi connectivity index (χ0n) is 12.5. The fraction of sp³-hybridized carbons (Fsp3) is 0.643. The Hall–Kier alpha value is -1.47. The summed E-state index contributed by atoms with van der Waals surface area (Å²) in [5, 5.41) is 14.7. The van der Waals surface area contributed by atoms with Gasteiger partial charge in [-0.05, 0) is 18.9 Å². The number of rotatable bonds is 5. The molecule has 0 bridgehead atoms. The van der Waals surface area contributed by atoms with Gasteiger partial charge in [-0.3, -0.25) is 14.5 Å². The number of hydrogen-bond acceptors (Lipinski definition) is 5. The SMILES string of the molecule is CC(=O)Nc1nc(CN2CCC(C(=O)O)(C(C)C)C2)cs1. The van der Waals surface area contributed by atoms with Crippen molar-refractivity contribution in [2.75, 3.05) is 18.4 Å². The number of amides is 1. The number of carbonyl (C=O) groups excluding carboxylic acids is 1. The molecule has 2 heterocycles. The Bertz CT molecular complexity index is 543. The molecule has 2 rings (SSSR count). The second-order valence-corrected chi connectivity index (χ2v) is 6.76. The smallest absolute Gasteiger partial charge is 0.311 e. The van der Waals surface area contributed by atoms with Gasteiger partial charge in [0.05, 0.1) is 11.1 Å². The third-order valence-electron chi connectivity index (χ3n) is 4.13. The molecule has 0 spiro atoms. The van der Waals surface area contributed by atoms with Crippen molar-refractivity contribution in [1.29, 1.82) is 0 Å². The second kappa shape index (κ2) is 6.11. The maximum absolute atomic E-state index is 11.6. The summed E-state index contributed by atoms with van der Waals surface area (Å²) >= 11 is 1.39. The van der Waals surface area contributed by atoms with E-state index in [4.69, 9.17) is 0 Å². The van der Waals surface area contributed by atoms with Gasteiger partial charge in [-0.2, -0.15) is 0 Å². The first kappa shape index (κ1) is 15.9. The van der Waals surface area contributed by atoms with Crippen molar-refractivity contribution in [3.05, 3.63) is 11.1 Å². The molecular weight excluding hydrogens is 290 g/mol. The summed E-state index contributed by atoms with van der Waals surface area (Å²) in [7, 11) is 0. The molecule has 2 N–H and O–H groups in total. The number of hydrogen-bond donors (Lipinski definition) is 2. The Morgan fingerprint density at radius 2 is 2.29 bits per heavy atom. The number of thiazole rings is 1. The molecule has 1 aliphatic heterocycles. The van der Waals surface area contributed by atoms with Crippen LogP contribution in [-0.4, -0.2) is 40.0 Å². The molecule has 0 aliphatic carbocycles. The van der Waals surface area contributed by atoms with Gasteiger partial charge in [0.15, 0.2) is 5.13 Å². The van der Waals surface area contributed by atoms with Crippen LogP contribution in [0.1, 0.15) is 32.9 Å². The molecule has 1 aromatic rings. The van der Waals surface area contributed by atoms with E-state index in [0.29, 0.717) is 24.6 Å². The predicted octanol–water partition coefficient (Wildman–Crippen LogP) is 2.03.